The summed E-state index contributed by atoms with van der Waals surface area (Å²) in [4.78, 5) is 4.53. The highest BCUT2D eigenvalue weighted by molar-refractivity contribution is 5.87. The van der Waals surface area contributed by atoms with E-state index in [9.17, 15) is 5.11 Å². The summed E-state index contributed by atoms with van der Waals surface area (Å²) in [6.07, 6.45) is 4.26. The molecule has 0 amide bonds. The predicted molar refractivity (Wildman–Crippen MR) is 123 cm³/mol. The number of benzene rings is 3. The zero-order valence-electron chi connectivity index (χ0n) is 17.4. The second kappa shape index (κ2) is 10.3. The van der Waals surface area contributed by atoms with Crippen molar-refractivity contribution >= 4 is 11.9 Å². The molecule has 1 atom stereocenters. The van der Waals surface area contributed by atoms with Crippen LogP contribution >= 0.6 is 0 Å². The average molecular weight is 402 g/mol. The molecule has 0 radical (unpaired) electrons. The standard InChI is InChI=1S/C26H27NO3/c1-4-5-14-30-23-13-9-12-22(16-23)27-18-21-15-24(29-3)17-25(26(21)28)19(2)20-10-7-6-8-11-20/h4,6-13,15-19,28H,1,5,14H2,2-3H3. The zero-order chi connectivity index (χ0) is 21.3. The molecule has 3 aromatic carbocycles. The van der Waals surface area contributed by atoms with Crippen LogP contribution in [0.5, 0.6) is 17.2 Å². The molecule has 0 aromatic heterocycles. The summed E-state index contributed by atoms with van der Waals surface area (Å²) in [5, 5.41) is 10.9. The molecule has 1 N–H and O–H groups in total. The Morgan fingerprint density at radius 3 is 2.57 bits per heavy atom. The summed E-state index contributed by atoms with van der Waals surface area (Å²) in [7, 11) is 1.62. The lowest BCUT2D eigenvalue weighted by molar-refractivity contribution is 0.325. The summed E-state index contributed by atoms with van der Waals surface area (Å²) in [6, 6.07) is 21.3. The Morgan fingerprint density at radius 1 is 1.03 bits per heavy atom. The van der Waals surface area contributed by atoms with Crippen molar-refractivity contribution in [2.24, 2.45) is 4.99 Å². The Labute approximate surface area is 178 Å². The molecule has 0 bridgehead atoms. The average Bonchev–Trinajstić information content (AvgIpc) is 2.79. The van der Waals surface area contributed by atoms with Gasteiger partial charge in [-0.3, -0.25) is 4.99 Å². The van der Waals surface area contributed by atoms with Crippen molar-refractivity contribution in [3.8, 4) is 17.2 Å². The molecule has 30 heavy (non-hydrogen) atoms. The number of hydrogen-bond donors (Lipinski definition) is 1. The monoisotopic (exact) mass is 401 g/mol. The minimum absolute atomic E-state index is 0.00929. The summed E-state index contributed by atoms with van der Waals surface area (Å²) in [5.41, 5.74) is 3.26. The van der Waals surface area contributed by atoms with Gasteiger partial charge in [0.2, 0.25) is 0 Å². The van der Waals surface area contributed by atoms with Gasteiger partial charge in [-0.15, -0.1) is 6.58 Å². The molecule has 154 valence electrons. The van der Waals surface area contributed by atoms with Gasteiger partial charge in [-0.2, -0.15) is 0 Å². The molecule has 0 fully saturated rings. The lowest BCUT2D eigenvalue weighted by Crippen LogP contribution is -2.00. The van der Waals surface area contributed by atoms with Gasteiger partial charge in [0, 0.05) is 29.3 Å². The van der Waals surface area contributed by atoms with Gasteiger partial charge in [-0.05, 0) is 36.2 Å². The van der Waals surface area contributed by atoms with Crippen molar-refractivity contribution < 1.29 is 14.6 Å². The number of hydrogen-bond acceptors (Lipinski definition) is 4. The van der Waals surface area contributed by atoms with Gasteiger partial charge in [0.25, 0.3) is 0 Å². The normalized spacial score (nSPS) is 11.9. The Bertz CT molecular complexity index is 1010. The van der Waals surface area contributed by atoms with Crippen LogP contribution in [-0.2, 0) is 0 Å². The third kappa shape index (κ3) is 5.29. The van der Waals surface area contributed by atoms with Crippen LogP contribution in [0.15, 0.2) is 84.4 Å². The second-order valence-electron chi connectivity index (χ2n) is 6.97. The van der Waals surface area contributed by atoms with Crippen molar-refractivity contribution in [2.75, 3.05) is 13.7 Å². The fraction of sp³-hybridized carbons (Fsp3) is 0.192. The number of ether oxygens (including phenoxy) is 2. The van der Waals surface area contributed by atoms with Crippen LogP contribution in [0.3, 0.4) is 0 Å². The quantitative estimate of drug-likeness (QED) is 0.262. The molecular weight excluding hydrogens is 374 g/mol. The number of rotatable bonds is 9. The second-order valence-corrected chi connectivity index (χ2v) is 6.97. The van der Waals surface area contributed by atoms with E-state index in [2.05, 4.69) is 30.6 Å². The van der Waals surface area contributed by atoms with Gasteiger partial charge in [0.15, 0.2) is 0 Å². The summed E-state index contributed by atoms with van der Waals surface area (Å²) in [6.45, 7) is 6.34. The predicted octanol–water partition coefficient (Wildman–Crippen LogP) is 6.26. The maximum absolute atomic E-state index is 10.9. The summed E-state index contributed by atoms with van der Waals surface area (Å²) in [5.74, 6) is 1.64. The zero-order valence-corrected chi connectivity index (χ0v) is 17.4. The smallest absolute Gasteiger partial charge is 0.128 e. The first kappa shape index (κ1) is 21.2. The number of nitrogens with zero attached hydrogens (tertiary/aromatic N) is 1. The molecule has 4 heteroatoms. The number of phenolic OH excluding ortho intramolecular Hbond substituents is 1. The minimum Gasteiger partial charge on any atom is -0.507 e. The fourth-order valence-corrected chi connectivity index (χ4v) is 3.18. The molecule has 0 saturated heterocycles. The molecule has 0 saturated carbocycles. The summed E-state index contributed by atoms with van der Waals surface area (Å²) < 4.78 is 11.1. The van der Waals surface area contributed by atoms with E-state index in [1.165, 1.54) is 0 Å². The molecule has 4 nitrogen and oxygen atoms in total. The van der Waals surface area contributed by atoms with Crippen LogP contribution in [0.1, 0.15) is 36.0 Å². The van der Waals surface area contributed by atoms with E-state index < -0.39 is 0 Å². The lowest BCUT2D eigenvalue weighted by Gasteiger charge is -2.17. The van der Waals surface area contributed by atoms with Crippen molar-refractivity contribution in [1.82, 2.24) is 0 Å². The molecule has 0 heterocycles. The Morgan fingerprint density at radius 2 is 1.83 bits per heavy atom. The first-order chi connectivity index (χ1) is 14.6. The number of phenols is 1. The van der Waals surface area contributed by atoms with Gasteiger partial charge in [0.1, 0.15) is 17.2 Å². The fourth-order valence-electron chi connectivity index (χ4n) is 3.18. The van der Waals surface area contributed by atoms with E-state index in [-0.39, 0.29) is 11.7 Å². The van der Waals surface area contributed by atoms with Gasteiger partial charge in [0.05, 0.1) is 19.4 Å². The Balaban J connectivity index is 1.89. The summed E-state index contributed by atoms with van der Waals surface area (Å²) >= 11 is 0. The lowest BCUT2D eigenvalue weighted by atomic mass is 9.91. The van der Waals surface area contributed by atoms with Crippen molar-refractivity contribution in [3.05, 3.63) is 96.1 Å². The Hall–Kier alpha value is -3.53. The minimum atomic E-state index is 0.00929. The van der Waals surface area contributed by atoms with E-state index in [1.54, 1.807) is 19.4 Å². The molecule has 3 aromatic rings. The molecule has 0 aliphatic carbocycles. The highest BCUT2D eigenvalue weighted by Crippen LogP contribution is 2.36. The first-order valence-corrected chi connectivity index (χ1v) is 9.96. The van der Waals surface area contributed by atoms with E-state index in [0.29, 0.717) is 17.9 Å². The van der Waals surface area contributed by atoms with Crippen LogP contribution in [0.25, 0.3) is 0 Å². The van der Waals surface area contributed by atoms with Crippen LogP contribution in [0, 0.1) is 0 Å². The van der Waals surface area contributed by atoms with Crippen LogP contribution in [0.2, 0.25) is 0 Å². The third-order valence-corrected chi connectivity index (χ3v) is 4.91. The Kier molecular flexibility index (Phi) is 7.28. The molecule has 3 rings (SSSR count). The topological polar surface area (TPSA) is 51.0 Å². The van der Waals surface area contributed by atoms with E-state index in [1.807, 2.05) is 54.6 Å². The van der Waals surface area contributed by atoms with Crippen LogP contribution in [0.4, 0.5) is 5.69 Å². The van der Waals surface area contributed by atoms with Gasteiger partial charge < -0.3 is 14.6 Å². The molecular formula is C26H27NO3. The van der Waals surface area contributed by atoms with Crippen LogP contribution in [-0.4, -0.2) is 25.0 Å². The molecule has 0 aliphatic heterocycles. The maximum Gasteiger partial charge on any atom is 0.128 e. The van der Waals surface area contributed by atoms with E-state index >= 15 is 0 Å². The largest absolute Gasteiger partial charge is 0.507 e. The van der Waals surface area contributed by atoms with Gasteiger partial charge in [-0.1, -0.05) is 49.4 Å². The van der Waals surface area contributed by atoms with Gasteiger partial charge in [-0.25, -0.2) is 0 Å². The van der Waals surface area contributed by atoms with E-state index in [4.69, 9.17) is 9.47 Å². The van der Waals surface area contributed by atoms with E-state index in [0.717, 1.165) is 29.0 Å². The molecule has 0 spiro atoms. The van der Waals surface area contributed by atoms with Crippen molar-refractivity contribution in [3.63, 3.8) is 0 Å². The third-order valence-electron chi connectivity index (χ3n) is 4.91. The first-order valence-electron chi connectivity index (χ1n) is 9.96. The molecule has 0 aliphatic rings. The maximum atomic E-state index is 10.9. The molecule has 1 unspecified atom stereocenters. The number of methoxy groups -OCH3 is 1. The highest BCUT2D eigenvalue weighted by Gasteiger charge is 2.17. The van der Waals surface area contributed by atoms with Gasteiger partial charge >= 0.3 is 0 Å². The van der Waals surface area contributed by atoms with Crippen molar-refractivity contribution in [2.45, 2.75) is 19.3 Å². The number of aliphatic imine (C=N–C) groups is 1. The highest BCUT2D eigenvalue weighted by atomic mass is 16.5. The van der Waals surface area contributed by atoms with Crippen molar-refractivity contribution in [1.29, 1.82) is 0 Å². The van der Waals surface area contributed by atoms with Crippen LogP contribution < -0.4 is 9.47 Å². The number of aromatic hydroxyl groups is 1. The SMILES string of the molecule is C=CCCOc1cccc(N=Cc2cc(OC)cc(C(C)c3ccccc3)c2O)c1.